The van der Waals surface area contributed by atoms with Gasteiger partial charge >= 0.3 is 0 Å². The van der Waals surface area contributed by atoms with Crippen LogP contribution in [0.4, 0.5) is 0 Å². The van der Waals surface area contributed by atoms with Crippen LogP contribution in [0.25, 0.3) is 0 Å². The van der Waals surface area contributed by atoms with Crippen LogP contribution in [0.1, 0.15) is 67.2 Å². The van der Waals surface area contributed by atoms with Crippen molar-refractivity contribution in [2.24, 2.45) is 35.5 Å². The van der Waals surface area contributed by atoms with Crippen molar-refractivity contribution in [2.45, 2.75) is 77.3 Å². The molecule has 6 atom stereocenters. The maximum atomic E-state index is 9.51. The van der Waals surface area contributed by atoms with E-state index in [0.29, 0.717) is 15.8 Å². The summed E-state index contributed by atoms with van der Waals surface area (Å²) in [5, 5.41) is 9.51. The van der Waals surface area contributed by atoms with Gasteiger partial charge in [0.05, 0.1) is 6.10 Å². The van der Waals surface area contributed by atoms with E-state index in [9.17, 15) is 5.11 Å². The SMILES string of the molecule is CC1CC(C)C(C)C(C)C1.CC1CC(I)CC(O)C1C. The maximum Gasteiger partial charge on any atom is 0.0578 e. The van der Waals surface area contributed by atoms with Gasteiger partial charge in [0.1, 0.15) is 0 Å². The summed E-state index contributed by atoms with van der Waals surface area (Å²) in [6.07, 6.45) is 5.12. The summed E-state index contributed by atoms with van der Waals surface area (Å²) in [5.41, 5.74) is 0. The van der Waals surface area contributed by atoms with Crippen molar-refractivity contribution in [3.8, 4) is 0 Å². The highest BCUT2D eigenvalue weighted by Gasteiger charge is 2.30. The number of rotatable bonds is 0. The van der Waals surface area contributed by atoms with E-state index in [4.69, 9.17) is 0 Å². The minimum Gasteiger partial charge on any atom is -0.393 e. The lowest BCUT2D eigenvalue weighted by Gasteiger charge is -2.35. The van der Waals surface area contributed by atoms with Crippen molar-refractivity contribution < 1.29 is 5.11 Å². The molecule has 2 aliphatic carbocycles. The minimum absolute atomic E-state index is 0.0503. The lowest BCUT2D eigenvalue weighted by molar-refractivity contribution is 0.0537. The second kappa shape index (κ2) is 8.36. The highest BCUT2D eigenvalue weighted by atomic mass is 127. The summed E-state index contributed by atoms with van der Waals surface area (Å²) in [6, 6.07) is 0. The van der Waals surface area contributed by atoms with Crippen LogP contribution in [0, 0.1) is 35.5 Å². The fourth-order valence-corrected chi connectivity index (χ4v) is 5.25. The van der Waals surface area contributed by atoms with Gasteiger partial charge in [-0.1, -0.05) is 64.1 Å². The van der Waals surface area contributed by atoms with Crippen molar-refractivity contribution in [3.63, 3.8) is 0 Å². The number of alkyl halides is 1. The molecule has 0 spiro atoms. The van der Waals surface area contributed by atoms with E-state index in [1.165, 1.54) is 19.3 Å². The Balaban J connectivity index is 0.000000200. The first-order chi connectivity index (χ1) is 9.22. The van der Waals surface area contributed by atoms with E-state index in [2.05, 4.69) is 64.1 Å². The molecule has 6 unspecified atom stereocenters. The zero-order valence-electron chi connectivity index (χ0n) is 14.3. The quantitative estimate of drug-likeness (QED) is 0.422. The minimum atomic E-state index is -0.0503. The normalized spacial score (nSPS) is 49.2. The monoisotopic (exact) mass is 394 g/mol. The Labute approximate surface area is 140 Å². The smallest absolute Gasteiger partial charge is 0.0578 e. The Morgan fingerprint density at radius 3 is 1.60 bits per heavy atom. The Morgan fingerprint density at radius 1 is 0.700 bits per heavy atom. The van der Waals surface area contributed by atoms with Gasteiger partial charge in [0.15, 0.2) is 0 Å². The van der Waals surface area contributed by atoms with Gasteiger partial charge in [0, 0.05) is 3.92 Å². The lowest BCUT2D eigenvalue weighted by Crippen LogP contribution is -2.33. The van der Waals surface area contributed by atoms with Gasteiger partial charge in [-0.3, -0.25) is 0 Å². The largest absolute Gasteiger partial charge is 0.393 e. The first kappa shape index (κ1) is 18.7. The number of aliphatic hydroxyl groups excluding tert-OH is 1. The topological polar surface area (TPSA) is 20.2 Å². The van der Waals surface area contributed by atoms with E-state index >= 15 is 0 Å². The summed E-state index contributed by atoms with van der Waals surface area (Å²) in [6.45, 7) is 14.0. The van der Waals surface area contributed by atoms with Gasteiger partial charge in [-0.15, -0.1) is 0 Å². The molecule has 0 aromatic rings. The van der Waals surface area contributed by atoms with Crippen LogP contribution in [0.15, 0.2) is 0 Å². The number of aliphatic hydroxyl groups is 1. The third-order valence-electron chi connectivity index (χ3n) is 5.97. The van der Waals surface area contributed by atoms with Crippen molar-refractivity contribution in [3.05, 3.63) is 0 Å². The molecular weight excluding hydrogens is 359 g/mol. The van der Waals surface area contributed by atoms with E-state index in [-0.39, 0.29) is 6.10 Å². The summed E-state index contributed by atoms with van der Waals surface area (Å²) in [4.78, 5) is 0. The van der Waals surface area contributed by atoms with Gasteiger partial charge < -0.3 is 5.11 Å². The molecule has 0 aromatic heterocycles. The molecule has 2 aliphatic rings. The molecule has 2 heteroatoms. The molecule has 1 nitrogen and oxygen atoms in total. The zero-order valence-corrected chi connectivity index (χ0v) is 16.4. The summed E-state index contributed by atoms with van der Waals surface area (Å²) >= 11 is 2.44. The Bertz CT molecular complexity index is 229. The molecule has 0 aliphatic heterocycles. The lowest BCUT2D eigenvalue weighted by atomic mass is 9.71. The third kappa shape index (κ3) is 5.47. The molecule has 2 fully saturated rings. The van der Waals surface area contributed by atoms with Crippen LogP contribution in [-0.2, 0) is 0 Å². The molecule has 20 heavy (non-hydrogen) atoms. The van der Waals surface area contributed by atoms with E-state index < -0.39 is 0 Å². The molecule has 0 bridgehead atoms. The van der Waals surface area contributed by atoms with Crippen molar-refractivity contribution >= 4 is 22.6 Å². The molecule has 0 radical (unpaired) electrons. The Kier molecular flexibility index (Phi) is 7.83. The third-order valence-corrected chi connectivity index (χ3v) is 6.99. The van der Waals surface area contributed by atoms with Crippen molar-refractivity contribution in [1.29, 1.82) is 0 Å². The van der Waals surface area contributed by atoms with Crippen LogP contribution in [-0.4, -0.2) is 15.1 Å². The van der Waals surface area contributed by atoms with Crippen molar-refractivity contribution in [2.75, 3.05) is 0 Å². The van der Waals surface area contributed by atoms with Gasteiger partial charge in [-0.05, 0) is 61.2 Å². The predicted molar refractivity (Wildman–Crippen MR) is 97.3 cm³/mol. The molecule has 2 saturated carbocycles. The van der Waals surface area contributed by atoms with Gasteiger partial charge in [0.2, 0.25) is 0 Å². The van der Waals surface area contributed by atoms with E-state index in [0.717, 1.165) is 30.1 Å². The van der Waals surface area contributed by atoms with Crippen LogP contribution < -0.4 is 0 Å². The molecule has 2 rings (SSSR count). The number of hydrogen-bond acceptors (Lipinski definition) is 1. The number of halogens is 1. The highest BCUT2D eigenvalue weighted by molar-refractivity contribution is 14.1. The molecule has 120 valence electrons. The maximum absolute atomic E-state index is 9.51. The molecular formula is C18H35IO. The van der Waals surface area contributed by atoms with E-state index in [1.807, 2.05) is 0 Å². The fraction of sp³-hybridized carbons (Fsp3) is 1.00. The molecule has 0 heterocycles. The first-order valence-corrected chi connectivity index (χ1v) is 9.79. The molecule has 1 N–H and O–H groups in total. The predicted octanol–water partition coefficient (Wildman–Crippen LogP) is 5.54. The summed E-state index contributed by atoms with van der Waals surface area (Å²) in [5.74, 6) is 5.05. The Morgan fingerprint density at radius 2 is 1.15 bits per heavy atom. The van der Waals surface area contributed by atoms with Gasteiger partial charge in [0.25, 0.3) is 0 Å². The second-order valence-electron chi connectivity index (χ2n) is 7.86. The standard InChI is InChI=1S/C10H20.C8H15IO/c1-7-5-8(2)10(4)9(3)6-7;1-5-3-7(9)4-8(10)6(5)2/h7-10H,5-6H2,1-4H3;5-8,10H,3-4H2,1-2H3. The van der Waals surface area contributed by atoms with Crippen molar-refractivity contribution in [1.82, 2.24) is 0 Å². The number of hydrogen-bond donors (Lipinski definition) is 1. The van der Waals surface area contributed by atoms with Crippen LogP contribution in [0.5, 0.6) is 0 Å². The first-order valence-electron chi connectivity index (χ1n) is 8.54. The van der Waals surface area contributed by atoms with Crippen LogP contribution in [0.2, 0.25) is 0 Å². The van der Waals surface area contributed by atoms with Gasteiger partial charge in [-0.2, -0.15) is 0 Å². The van der Waals surface area contributed by atoms with Crippen LogP contribution >= 0.6 is 22.6 Å². The summed E-state index contributed by atoms with van der Waals surface area (Å²) in [7, 11) is 0. The fourth-order valence-electron chi connectivity index (χ4n) is 3.93. The zero-order chi connectivity index (χ0) is 15.4. The molecule has 0 amide bonds. The molecule has 0 aromatic carbocycles. The van der Waals surface area contributed by atoms with Gasteiger partial charge in [-0.25, -0.2) is 0 Å². The Hall–Kier alpha value is 0.690. The highest BCUT2D eigenvalue weighted by Crippen LogP contribution is 2.37. The summed E-state index contributed by atoms with van der Waals surface area (Å²) < 4.78 is 0.693. The second-order valence-corrected chi connectivity index (χ2v) is 9.62. The average molecular weight is 394 g/mol. The average Bonchev–Trinajstić information content (AvgIpc) is 2.33. The van der Waals surface area contributed by atoms with E-state index in [1.54, 1.807) is 0 Å². The molecule has 0 saturated heterocycles. The van der Waals surface area contributed by atoms with Crippen LogP contribution in [0.3, 0.4) is 0 Å².